The molecule has 9 heavy (non-hydrogen) atoms. The lowest BCUT2D eigenvalue weighted by Crippen LogP contribution is -2.25. The molecular weight excluding hydrogens is 130 g/mol. The summed E-state index contributed by atoms with van der Waals surface area (Å²) >= 11 is 0. The highest BCUT2D eigenvalue weighted by molar-refractivity contribution is 7.06. The Balaban J connectivity index is 4.16. The van der Waals surface area contributed by atoms with Crippen molar-refractivity contribution in [3.8, 4) is 11.5 Å². The van der Waals surface area contributed by atoms with E-state index in [1.165, 1.54) is 5.84 Å². The van der Waals surface area contributed by atoms with Crippen molar-refractivity contribution in [2.75, 3.05) is 0 Å². The van der Waals surface area contributed by atoms with E-state index in [-0.39, 0.29) is 0 Å². The Bertz CT molecular complexity index is 175. The predicted molar refractivity (Wildman–Crippen MR) is 40.1 cm³/mol. The second kappa shape index (κ2) is 3.20. The van der Waals surface area contributed by atoms with Crippen LogP contribution in [0.2, 0.25) is 13.1 Å². The van der Waals surface area contributed by atoms with E-state index in [0.29, 0.717) is 6.29 Å². The summed E-state index contributed by atoms with van der Waals surface area (Å²) in [6.45, 7) is 3.83. The number of hydrogen-bond donors (Lipinski definition) is 1. The normalized spacial score (nSPS) is 9.11. The van der Waals surface area contributed by atoms with Crippen molar-refractivity contribution in [1.29, 1.82) is 5.41 Å². The smallest absolute Gasteiger partial charge is 0.192 e. The van der Waals surface area contributed by atoms with Gasteiger partial charge in [-0.1, -0.05) is 13.1 Å². The van der Waals surface area contributed by atoms with Gasteiger partial charge in [0.25, 0.3) is 0 Å². The molecule has 0 unspecified atom stereocenters. The van der Waals surface area contributed by atoms with Crippen LogP contribution in [0.4, 0.5) is 0 Å². The van der Waals surface area contributed by atoms with Gasteiger partial charge in [-0.05, 0) is 11.8 Å². The second-order valence-electron chi connectivity index (χ2n) is 2.25. The van der Waals surface area contributed by atoms with Gasteiger partial charge in [-0.15, -0.1) is 5.54 Å². The molecule has 0 bridgehead atoms. The van der Waals surface area contributed by atoms with E-state index < -0.39 is 8.07 Å². The summed E-state index contributed by atoms with van der Waals surface area (Å²) in [5, 5.41) is 6.90. The van der Waals surface area contributed by atoms with E-state index in [1.54, 1.807) is 0 Å². The molecule has 2 nitrogen and oxygen atoms in total. The van der Waals surface area contributed by atoms with E-state index in [1.807, 2.05) is 13.1 Å². The average Bonchev–Trinajstić information content (AvgIpc) is 1.84. The topological polar surface area (TPSA) is 40.9 Å². The third-order valence-electron chi connectivity index (χ3n) is 0.814. The number of carbonyl (C=O) groups is 1. The fourth-order valence-corrected chi connectivity index (χ4v) is 0.755. The summed E-state index contributed by atoms with van der Waals surface area (Å²) in [5.41, 5.74) is 2.74. The van der Waals surface area contributed by atoms with Gasteiger partial charge in [0.1, 0.15) is 0 Å². The molecule has 1 N–H and O–H groups in total. The number of aldehydes is 1. The van der Waals surface area contributed by atoms with Gasteiger partial charge in [0, 0.05) is 0 Å². The Hall–Kier alpha value is -0.883. The quantitative estimate of drug-likeness (QED) is 0.246. The summed E-state index contributed by atoms with van der Waals surface area (Å²) < 4.78 is 0. The SMILES string of the molecule is C[Si](C)(C#CC=O)C=N. The maximum absolute atomic E-state index is 9.74. The molecule has 0 aliphatic carbocycles. The third kappa shape index (κ3) is 3.68. The van der Waals surface area contributed by atoms with Crippen LogP contribution in [0.3, 0.4) is 0 Å². The lowest BCUT2D eigenvalue weighted by Gasteiger charge is -2.02. The highest BCUT2D eigenvalue weighted by Gasteiger charge is 2.12. The zero-order valence-corrected chi connectivity index (χ0v) is 6.56. The van der Waals surface area contributed by atoms with E-state index in [0.717, 1.165) is 0 Å². The van der Waals surface area contributed by atoms with Gasteiger partial charge in [-0.2, -0.15) is 0 Å². The van der Waals surface area contributed by atoms with Gasteiger partial charge in [-0.3, -0.25) is 4.79 Å². The first kappa shape index (κ1) is 8.12. The molecule has 0 aromatic carbocycles. The molecule has 0 saturated heterocycles. The number of rotatable bonds is 1. The number of hydrogen-bond acceptors (Lipinski definition) is 2. The van der Waals surface area contributed by atoms with Gasteiger partial charge < -0.3 is 5.41 Å². The molecule has 0 spiro atoms. The summed E-state index contributed by atoms with van der Waals surface area (Å²) in [4.78, 5) is 9.74. The Morgan fingerprint density at radius 3 is 2.44 bits per heavy atom. The second-order valence-corrected chi connectivity index (χ2v) is 6.24. The highest BCUT2D eigenvalue weighted by atomic mass is 28.3. The average molecular weight is 139 g/mol. The van der Waals surface area contributed by atoms with Crippen molar-refractivity contribution in [3.63, 3.8) is 0 Å². The van der Waals surface area contributed by atoms with Crippen molar-refractivity contribution < 1.29 is 4.79 Å². The largest absolute Gasteiger partial charge is 0.316 e. The van der Waals surface area contributed by atoms with Gasteiger partial charge in [-0.25, -0.2) is 0 Å². The zero-order chi connectivity index (χ0) is 7.33. The van der Waals surface area contributed by atoms with Crippen LogP contribution in [-0.2, 0) is 4.79 Å². The van der Waals surface area contributed by atoms with Crippen molar-refractivity contribution >= 4 is 20.2 Å². The van der Waals surface area contributed by atoms with Crippen molar-refractivity contribution in [2.24, 2.45) is 0 Å². The fourth-order valence-electron chi connectivity index (χ4n) is 0.252. The molecular formula is C6H9NOSi. The Kier molecular flexibility index (Phi) is 2.89. The molecule has 0 fully saturated rings. The predicted octanol–water partition coefficient (Wildman–Crippen LogP) is 0.625. The number of carbonyl (C=O) groups excluding carboxylic acids is 1. The first-order valence-corrected chi connectivity index (χ1v) is 5.68. The molecule has 0 rings (SSSR count). The third-order valence-corrected chi connectivity index (χ3v) is 2.32. The minimum Gasteiger partial charge on any atom is -0.316 e. The summed E-state index contributed by atoms with van der Waals surface area (Å²) in [7, 11) is -1.75. The van der Waals surface area contributed by atoms with E-state index in [2.05, 4.69) is 11.5 Å². The monoisotopic (exact) mass is 139 g/mol. The van der Waals surface area contributed by atoms with Gasteiger partial charge in [0.15, 0.2) is 14.4 Å². The van der Waals surface area contributed by atoms with Crippen LogP contribution in [0.1, 0.15) is 0 Å². The van der Waals surface area contributed by atoms with Crippen LogP contribution in [0.15, 0.2) is 0 Å². The van der Waals surface area contributed by atoms with Crippen molar-refractivity contribution in [3.05, 3.63) is 0 Å². The molecule has 0 radical (unpaired) electrons. The number of nitrogens with one attached hydrogen (secondary N) is 1. The van der Waals surface area contributed by atoms with Crippen LogP contribution < -0.4 is 0 Å². The zero-order valence-electron chi connectivity index (χ0n) is 5.56. The highest BCUT2D eigenvalue weighted by Crippen LogP contribution is 1.92. The Labute approximate surface area is 55.8 Å². The fraction of sp³-hybridized carbons (Fsp3) is 0.333. The first-order chi connectivity index (χ1) is 4.12. The standard InChI is InChI=1S/C6H9NOSi/c1-9(2,6-7)5-3-4-8/h4,6-7H,1-2H3. The Morgan fingerprint density at radius 1 is 1.56 bits per heavy atom. The van der Waals surface area contributed by atoms with Crippen LogP contribution in [0.5, 0.6) is 0 Å². The molecule has 0 atom stereocenters. The molecule has 0 aliphatic rings. The van der Waals surface area contributed by atoms with E-state index >= 15 is 0 Å². The minimum atomic E-state index is -1.75. The lowest BCUT2D eigenvalue weighted by atomic mass is 10.8. The first-order valence-electron chi connectivity index (χ1n) is 2.60. The van der Waals surface area contributed by atoms with Gasteiger partial charge >= 0.3 is 0 Å². The van der Waals surface area contributed by atoms with Gasteiger partial charge in [0.05, 0.1) is 0 Å². The summed E-state index contributed by atoms with van der Waals surface area (Å²) in [6, 6.07) is 0. The van der Waals surface area contributed by atoms with Crippen LogP contribution in [-0.4, -0.2) is 20.2 Å². The van der Waals surface area contributed by atoms with Crippen molar-refractivity contribution in [2.45, 2.75) is 13.1 Å². The minimum absolute atomic E-state index is 0.568. The van der Waals surface area contributed by atoms with E-state index in [9.17, 15) is 4.79 Å². The maximum Gasteiger partial charge on any atom is 0.192 e. The maximum atomic E-state index is 9.74. The molecule has 0 amide bonds. The van der Waals surface area contributed by atoms with Gasteiger partial charge in [0.2, 0.25) is 0 Å². The van der Waals surface area contributed by atoms with Crippen molar-refractivity contribution in [1.82, 2.24) is 0 Å². The molecule has 0 aromatic heterocycles. The van der Waals surface area contributed by atoms with Crippen LogP contribution >= 0.6 is 0 Å². The van der Waals surface area contributed by atoms with E-state index in [4.69, 9.17) is 5.41 Å². The molecule has 3 heteroatoms. The molecule has 48 valence electrons. The summed E-state index contributed by atoms with van der Waals surface area (Å²) in [5.74, 6) is 3.67. The molecule has 0 aliphatic heterocycles. The summed E-state index contributed by atoms with van der Waals surface area (Å²) in [6.07, 6.45) is 0.568. The van der Waals surface area contributed by atoms with Crippen LogP contribution in [0, 0.1) is 16.9 Å². The molecule has 0 heterocycles. The lowest BCUT2D eigenvalue weighted by molar-refractivity contribution is -0.103. The molecule has 0 saturated carbocycles. The van der Waals surface area contributed by atoms with Crippen LogP contribution in [0.25, 0.3) is 0 Å². The Morgan fingerprint density at radius 2 is 2.11 bits per heavy atom. The molecule has 0 aromatic rings.